The number of rotatable bonds is 2. The summed E-state index contributed by atoms with van der Waals surface area (Å²) < 4.78 is 38.7. The van der Waals surface area contributed by atoms with Gasteiger partial charge in [-0.05, 0) is 28.1 Å². The molecule has 1 rings (SSSR count). The molecule has 0 saturated carbocycles. The third kappa shape index (κ3) is 2.99. The number of carbonyl (C=O) groups is 1. The van der Waals surface area contributed by atoms with E-state index in [0.717, 1.165) is 12.1 Å². The van der Waals surface area contributed by atoms with Crippen molar-refractivity contribution in [3.05, 3.63) is 22.4 Å². The normalized spacial score (nSPS) is 11.1. The second-order valence-electron chi connectivity index (χ2n) is 2.19. The van der Waals surface area contributed by atoms with E-state index in [4.69, 9.17) is 0 Å². The van der Waals surface area contributed by atoms with Crippen LogP contribution in [0.15, 0.2) is 16.7 Å². The molecule has 0 aliphatic heterocycles. The third-order valence-corrected chi connectivity index (χ3v) is 1.75. The van der Waals surface area contributed by atoms with E-state index < -0.39 is 12.1 Å². The van der Waals surface area contributed by atoms with E-state index >= 15 is 0 Å². The fraction of sp³-hybridized carbons (Fsp3) is 0.143. The van der Waals surface area contributed by atoms with E-state index in [1.54, 1.807) is 0 Å². The summed E-state index contributed by atoms with van der Waals surface area (Å²) in [6, 6.07) is 2.13. The Bertz CT molecular complexity index is 353. The topological polar surface area (TPSA) is 39.2 Å². The molecular weight excluding hydrogens is 267 g/mol. The first-order chi connectivity index (χ1) is 6.42. The Hall–Kier alpha value is -1.11. The number of hydrogen-bond donors (Lipinski definition) is 0. The molecule has 14 heavy (non-hydrogen) atoms. The summed E-state index contributed by atoms with van der Waals surface area (Å²) in [6.45, 7) is 0. The van der Waals surface area contributed by atoms with Crippen LogP contribution in [0.1, 0.15) is 10.5 Å². The van der Waals surface area contributed by atoms with Gasteiger partial charge in [0.1, 0.15) is 10.3 Å². The quantitative estimate of drug-likeness (QED) is 0.612. The van der Waals surface area contributed by atoms with Gasteiger partial charge < -0.3 is 4.74 Å². The molecule has 0 bridgehead atoms. The second-order valence-corrected chi connectivity index (χ2v) is 2.94. The van der Waals surface area contributed by atoms with E-state index in [0.29, 0.717) is 6.29 Å². The molecule has 0 aromatic carbocycles. The lowest BCUT2D eigenvalue weighted by atomic mass is 10.4. The van der Waals surface area contributed by atoms with Crippen molar-refractivity contribution in [2.24, 2.45) is 0 Å². The number of carbonyl (C=O) groups excluding carboxylic acids is 1. The van der Waals surface area contributed by atoms with Crippen LogP contribution < -0.4 is 4.74 Å². The predicted molar refractivity (Wildman–Crippen MR) is 44.0 cm³/mol. The summed E-state index contributed by atoms with van der Waals surface area (Å²) in [7, 11) is 0. The monoisotopic (exact) mass is 269 g/mol. The zero-order chi connectivity index (χ0) is 10.8. The zero-order valence-electron chi connectivity index (χ0n) is 6.51. The van der Waals surface area contributed by atoms with Gasteiger partial charge in [0.2, 0.25) is 0 Å². The Morgan fingerprint density at radius 1 is 1.43 bits per heavy atom. The smallest absolute Gasteiger partial charge is 0.403 e. The first-order valence-electron chi connectivity index (χ1n) is 3.30. The highest BCUT2D eigenvalue weighted by Gasteiger charge is 2.32. The fourth-order valence-corrected chi connectivity index (χ4v) is 1.12. The molecule has 0 N–H and O–H groups in total. The molecule has 1 heterocycles. The summed E-state index contributed by atoms with van der Waals surface area (Å²) in [5.41, 5.74) is 0.0198. The van der Waals surface area contributed by atoms with Crippen LogP contribution in [0.4, 0.5) is 13.2 Å². The van der Waals surface area contributed by atoms with E-state index in [9.17, 15) is 18.0 Å². The minimum absolute atomic E-state index is 0.0198. The van der Waals surface area contributed by atoms with E-state index in [-0.39, 0.29) is 10.3 Å². The average molecular weight is 270 g/mol. The zero-order valence-corrected chi connectivity index (χ0v) is 8.09. The van der Waals surface area contributed by atoms with Gasteiger partial charge in [0.15, 0.2) is 12.0 Å². The van der Waals surface area contributed by atoms with Crippen LogP contribution in [0.3, 0.4) is 0 Å². The molecule has 0 atom stereocenters. The molecule has 0 amide bonds. The number of alkyl halides is 3. The first-order valence-corrected chi connectivity index (χ1v) is 4.09. The number of aldehydes is 1. The Morgan fingerprint density at radius 3 is 2.50 bits per heavy atom. The first kappa shape index (κ1) is 11.0. The highest BCUT2D eigenvalue weighted by atomic mass is 79.9. The van der Waals surface area contributed by atoms with Crippen LogP contribution in [0.25, 0.3) is 0 Å². The number of hydrogen-bond acceptors (Lipinski definition) is 3. The van der Waals surface area contributed by atoms with Crippen molar-refractivity contribution in [3.8, 4) is 5.75 Å². The Morgan fingerprint density at radius 2 is 2.07 bits per heavy atom. The van der Waals surface area contributed by atoms with Crippen LogP contribution in [0.2, 0.25) is 0 Å². The van der Waals surface area contributed by atoms with E-state index in [1.807, 2.05) is 0 Å². The maximum absolute atomic E-state index is 11.8. The van der Waals surface area contributed by atoms with Crippen molar-refractivity contribution in [1.29, 1.82) is 0 Å². The highest BCUT2D eigenvalue weighted by Crippen LogP contribution is 2.28. The molecule has 0 saturated heterocycles. The van der Waals surface area contributed by atoms with Crippen molar-refractivity contribution in [2.75, 3.05) is 0 Å². The molecular formula is C7H3BrF3NO2. The maximum Gasteiger partial charge on any atom is 0.573 e. The van der Waals surface area contributed by atoms with Gasteiger partial charge in [0.05, 0.1) is 0 Å². The molecule has 0 aliphatic carbocycles. The molecule has 3 nitrogen and oxygen atoms in total. The number of ether oxygens (including phenoxy) is 1. The Kier molecular flexibility index (Phi) is 3.10. The average Bonchev–Trinajstić information content (AvgIpc) is 2.06. The number of aromatic nitrogens is 1. The molecule has 0 unspecified atom stereocenters. The Balaban J connectivity index is 2.95. The van der Waals surface area contributed by atoms with Crippen molar-refractivity contribution < 1.29 is 22.7 Å². The van der Waals surface area contributed by atoms with Gasteiger partial charge in [0.25, 0.3) is 0 Å². The lowest BCUT2D eigenvalue weighted by molar-refractivity contribution is -0.275. The molecule has 1 aromatic rings. The van der Waals surface area contributed by atoms with Crippen LogP contribution in [-0.2, 0) is 0 Å². The minimum Gasteiger partial charge on any atom is -0.403 e. The van der Waals surface area contributed by atoms with Crippen molar-refractivity contribution in [1.82, 2.24) is 4.98 Å². The third-order valence-electron chi connectivity index (χ3n) is 1.18. The summed E-state index contributed by atoms with van der Waals surface area (Å²) in [6.07, 6.45) is -4.35. The maximum atomic E-state index is 11.8. The highest BCUT2D eigenvalue weighted by molar-refractivity contribution is 9.10. The standard InChI is InChI=1S/C7H3BrF3NO2/c8-6-5(14-7(9,10)11)2-1-4(3-13)12-6/h1-3H. The van der Waals surface area contributed by atoms with Crippen LogP contribution >= 0.6 is 15.9 Å². The molecule has 0 radical (unpaired) electrons. The minimum atomic E-state index is -4.77. The van der Waals surface area contributed by atoms with Crippen molar-refractivity contribution in [3.63, 3.8) is 0 Å². The molecule has 0 spiro atoms. The van der Waals surface area contributed by atoms with Crippen LogP contribution in [0.5, 0.6) is 5.75 Å². The predicted octanol–water partition coefficient (Wildman–Crippen LogP) is 2.56. The van der Waals surface area contributed by atoms with Crippen molar-refractivity contribution >= 4 is 22.2 Å². The Labute approximate surface area is 85.0 Å². The molecule has 76 valence electrons. The van der Waals surface area contributed by atoms with Gasteiger partial charge in [-0.25, -0.2) is 4.98 Å². The largest absolute Gasteiger partial charge is 0.573 e. The summed E-state index contributed by atoms with van der Waals surface area (Å²) in [5, 5.41) is 0. The van der Waals surface area contributed by atoms with Crippen molar-refractivity contribution in [2.45, 2.75) is 6.36 Å². The van der Waals surface area contributed by atoms with E-state index in [2.05, 4.69) is 25.7 Å². The van der Waals surface area contributed by atoms with Gasteiger partial charge in [-0.1, -0.05) is 0 Å². The summed E-state index contributed by atoms with van der Waals surface area (Å²) >= 11 is 2.75. The van der Waals surface area contributed by atoms with Gasteiger partial charge in [-0.3, -0.25) is 4.79 Å². The molecule has 1 aromatic heterocycles. The SMILES string of the molecule is O=Cc1ccc(OC(F)(F)F)c(Br)n1. The summed E-state index contributed by atoms with van der Waals surface area (Å²) in [5.74, 6) is -0.483. The van der Waals surface area contributed by atoms with Gasteiger partial charge >= 0.3 is 6.36 Å². The molecule has 7 heteroatoms. The summed E-state index contributed by atoms with van der Waals surface area (Å²) in [4.78, 5) is 13.7. The van der Waals surface area contributed by atoms with Gasteiger partial charge in [-0.15, -0.1) is 13.2 Å². The van der Waals surface area contributed by atoms with Gasteiger partial charge in [-0.2, -0.15) is 0 Å². The lowest BCUT2D eigenvalue weighted by Gasteiger charge is -2.09. The van der Waals surface area contributed by atoms with Crippen LogP contribution in [-0.4, -0.2) is 17.6 Å². The molecule has 0 aliphatic rings. The number of nitrogens with zero attached hydrogens (tertiary/aromatic N) is 1. The lowest BCUT2D eigenvalue weighted by Crippen LogP contribution is -2.17. The fourth-order valence-electron chi connectivity index (χ4n) is 0.702. The van der Waals surface area contributed by atoms with Gasteiger partial charge in [0, 0.05) is 0 Å². The number of halogens is 4. The number of pyridine rings is 1. The van der Waals surface area contributed by atoms with Crippen LogP contribution in [0, 0.1) is 0 Å². The van der Waals surface area contributed by atoms with E-state index in [1.165, 1.54) is 0 Å². The second kappa shape index (κ2) is 3.95. The molecule has 0 fully saturated rings.